The Morgan fingerprint density at radius 2 is 2.00 bits per heavy atom. The first-order chi connectivity index (χ1) is 13.5. The summed E-state index contributed by atoms with van der Waals surface area (Å²) in [6.07, 6.45) is 0.963. The molecule has 1 aliphatic rings. The molecular weight excluding hydrogens is 380 g/mol. The van der Waals surface area contributed by atoms with Crippen LogP contribution in [0.4, 0.5) is 5.95 Å². The molecule has 1 fully saturated rings. The Labute approximate surface area is 165 Å². The summed E-state index contributed by atoms with van der Waals surface area (Å²) in [6, 6.07) is 5.96. The van der Waals surface area contributed by atoms with Crippen LogP contribution >= 0.6 is 11.3 Å². The van der Waals surface area contributed by atoms with Gasteiger partial charge in [-0.2, -0.15) is 9.50 Å². The van der Waals surface area contributed by atoms with E-state index in [1.54, 1.807) is 33.9 Å². The molecule has 1 amide bonds. The minimum absolute atomic E-state index is 0.181. The zero-order valence-corrected chi connectivity index (χ0v) is 16.4. The maximum Gasteiger partial charge on any atom is 0.303 e. The highest BCUT2D eigenvalue weighted by Crippen LogP contribution is 2.25. The van der Waals surface area contributed by atoms with Gasteiger partial charge in [0.1, 0.15) is 0 Å². The van der Waals surface area contributed by atoms with Crippen molar-refractivity contribution < 1.29 is 14.3 Å². The molecule has 3 aromatic rings. The first kappa shape index (κ1) is 18.4. The molecule has 0 radical (unpaired) electrons. The molecule has 0 N–H and O–H groups in total. The van der Waals surface area contributed by atoms with Gasteiger partial charge in [0.15, 0.2) is 6.10 Å². The Balaban J connectivity index is 1.48. The minimum Gasteiger partial charge on any atom is -0.453 e. The molecule has 3 aromatic heterocycles. The van der Waals surface area contributed by atoms with Gasteiger partial charge in [-0.1, -0.05) is 6.07 Å². The van der Waals surface area contributed by atoms with Gasteiger partial charge in [-0.3, -0.25) is 9.59 Å². The van der Waals surface area contributed by atoms with Crippen LogP contribution in [0.15, 0.2) is 29.8 Å². The predicted molar refractivity (Wildman–Crippen MR) is 104 cm³/mol. The Morgan fingerprint density at radius 3 is 2.68 bits per heavy atom. The van der Waals surface area contributed by atoms with E-state index in [0.29, 0.717) is 37.9 Å². The number of amides is 1. The van der Waals surface area contributed by atoms with Gasteiger partial charge in [0.2, 0.25) is 5.95 Å². The van der Waals surface area contributed by atoms with Crippen molar-refractivity contribution in [2.24, 2.45) is 0 Å². The number of carbonyl (C=O) groups is 2. The number of rotatable bonds is 4. The third-order valence-corrected chi connectivity index (χ3v) is 5.46. The molecule has 0 saturated carbocycles. The van der Waals surface area contributed by atoms with E-state index >= 15 is 0 Å². The molecule has 0 bridgehead atoms. The van der Waals surface area contributed by atoms with Crippen molar-refractivity contribution in [3.05, 3.63) is 29.8 Å². The zero-order chi connectivity index (χ0) is 19.7. The largest absolute Gasteiger partial charge is 0.453 e. The lowest BCUT2D eigenvalue weighted by Gasteiger charge is -2.35. The summed E-state index contributed by atoms with van der Waals surface area (Å²) in [5.74, 6) is 0.501. The van der Waals surface area contributed by atoms with Crippen molar-refractivity contribution in [2.45, 2.75) is 20.0 Å². The lowest BCUT2D eigenvalue weighted by atomic mass is 10.2. The van der Waals surface area contributed by atoms with Crippen molar-refractivity contribution >= 4 is 34.9 Å². The highest BCUT2D eigenvalue weighted by Gasteiger charge is 2.28. The van der Waals surface area contributed by atoms with Crippen LogP contribution in [-0.2, 0) is 14.3 Å². The third kappa shape index (κ3) is 3.55. The van der Waals surface area contributed by atoms with E-state index in [1.807, 2.05) is 28.5 Å². The summed E-state index contributed by atoms with van der Waals surface area (Å²) in [7, 11) is 0. The fraction of sp³-hybridized carbons (Fsp3) is 0.389. The van der Waals surface area contributed by atoms with Crippen LogP contribution in [0, 0.1) is 0 Å². The summed E-state index contributed by atoms with van der Waals surface area (Å²) < 4.78 is 6.74. The summed E-state index contributed by atoms with van der Waals surface area (Å²) in [5.41, 5.74) is 0.947. The fourth-order valence-corrected chi connectivity index (χ4v) is 3.95. The SMILES string of the molecule is CC(=O)O[C@@H](C)C(=O)N1CCN(c2nc3nccc(-c4cccs4)n3n2)CC1. The molecule has 146 valence electrons. The van der Waals surface area contributed by atoms with E-state index in [0.717, 1.165) is 10.6 Å². The van der Waals surface area contributed by atoms with Crippen LogP contribution in [0.3, 0.4) is 0 Å². The topological polar surface area (TPSA) is 92.9 Å². The van der Waals surface area contributed by atoms with Gasteiger partial charge in [0.25, 0.3) is 11.7 Å². The van der Waals surface area contributed by atoms with Crippen LogP contribution < -0.4 is 4.90 Å². The average Bonchev–Trinajstić information content (AvgIpc) is 3.36. The van der Waals surface area contributed by atoms with Gasteiger partial charge >= 0.3 is 5.97 Å². The number of fused-ring (bicyclic) bond motifs is 1. The summed E-state index contributed by atoms with van der Waals surface area (Å²) in [5, 5.41) is 6.66. The molecule has 4 rings (SSSR count). The smallest absolute Gasteiger partial charge is 0.303 e. The van der Waals surface area contributed by atoms with E-state index in [9.17, 15) is 9.59 Å². The maximum atomic E-state index is 12.4. The summed E-state index contributed by atoms with van der Waals surface area (Å²) in [6.45, 7) is 5.14. The van der Waals surface area contributed by atoms with Gasteiger partial charge in [-0.25, -0.2) is 4.98 Å². The Kier molecular flexibility index (Phi) is 4.95. The fourth-order valence-electron chi connectivity index (χ4n) is 3.21. The monoisotopic (exact) mass is 400 g/mol. The minimum atomic E-state index is -0.769. The van der Waals surface area contributed by atoms with Gasteiger partial charge in [-0.15, -0.1) is 16.4 Å². The second-order valence-corrected chi connectivity index (χ2v) is 7.44. The maximum absolute atomic E-state index is 12.4. The van der Waals surface area contributed by atoms with Gasteiger partial charge in [-0.05, 0) is 24.4 Å². The van der Waals surface area contributed by atoms with Crippen LogP contribution in [0.1, 0.15) is 13.8 Å². The Bertz CT molecular complexity index is 994. The van der Waals surface area contributed by atoms with Gasteiger partial charge in [0, 0.05) is 39.3 Å². The highest BCUT2D eigenvalue weighted by atomic mass is 32.1. The first-order valence-electron chi connectivity index (χ1n) is 8.99. The molecule has 0 aliphatic carbocycles. The Morgan fingerprint density at radius 1 is 1.21 bits per heavy atom. The molecule has 1 saturated heterocycles. The molecule has 9 nitrogen and oxygen atoms in total. The second-order valence-electron chi connectivity index (χ2n) is 6.49. The number of piperazine rings is 1. The predicted octanol–water partition coefficient (Wildman–Crippen LogP) is 1.45. The van der Waals surface area contributed by atoms with E-state index in [1.165, 1.54) is 6.92 Å². The molecule has 1 atom stereocenters. The van der Waals surface area contributed by atoms with Crippen LogP contribution in [-0.4, -0.2) is 68.6 Å². The number of thiophene rings is 1. The number of hydrogen-bond acceptors (Lipinski definition) is 8. The van der Waals surface area contributed by atoms with E-state index in [-0.39, 0.29) is 5.91 Å². The second kappa shape index (κ2) is 7.55. The zero-order valence-electron chi connectivity index (χ0n) is 15.6. The standard InChI is InChI=1S/C18H20N6O3S/c1-12(27-13(2)25)16(26)22-7-9-23(10-8-22)18-20-17-19-6-5-14(24(17)21-18)15-4-3-11-28-15/h3-6,11-12H,7-10H2,1-2H3/t12-/m0/s1. The molecule has 0 unspecified atom stereocenters. The molecule has 10 heteroatoms. The number of hydrogen-bond donors (Lipinski definition) is 0. The van der Waals surface area contributed by atoms with Crippen molar-refractivity contribution in [1.82, 2.24) is 24.5 Å². The first-order valence-corrected chi connectivity index (χ1v) is 9.87. The lowest BCUT2D eigenvalue weighted by Crippen LogP contribution is -2.52. The van der Waals surface area contributed by atoms with Crippen molar-refractivity contribution in [3.63, 3.8) is 0 Å². The van der Waals surface area contributed by atoms with Crippen LogP contribution in [0.25, 0.3) is 16.3 Å². The number of carbonyl (C=O) groups excluding carboxylic acids is 2. The highest BCUT2D eigenvalue weighted by molar-refractivity contribution is 7.13. The molecule has 4 heterocycles. The van der Waals surface area contributed by atoms with Crippen molar-refractivity contribution in [1.29, 1.82) is 0 Å². The average molecular weight is 400 g/mol. The number of ether oxygens (including phenoxy) is 1. The van der Waals surface area contributed by atoms with Gasteiger partial charge < -0.3 is 14.5 Å². The molecule has 1 aliphatic heterocycles. The number of esters is 1. The third-order valence-electron chi connectivity index (χ3n) is 4.57. The molecular formula is C18H20N6O3S. The van der Waals surface area contributed by atoms with Crippen LogP contribution in [0.5, 0.6) is 0 Å². The number of aromatic nitrogens is 4. The van der Waals surface area contributed by atoms with Crippen molar-refractivity contribution in [3.8, 4) is 10.6 Å². The summed E-state index contributed by atoms with van der Waals surface area (Å²) in [4.78, 5) is 37.1. The number of anilines is 1. The van der Waals surface area contributed by atoms with Gasteiger partial charge in [0.05, 0.1) is 10.6 Å². The molecule has 0 aromatic carbocycles. The lowest BCUT2D eigenvalue weighted by molar-refractivity contribution is -0.157. The van der Waals surface area contributed by atoms with Crippen molar-refractivity contribution in [2.75, 3.05) is 31.1 Å². The molecule has 0 spiro atoms. The number of nitrogens with zero attached hydrogens (tertiary/aromatic N) is 6. The quantitative estimate of drug-likeness (QED) is 0.612. The van der Waals surface area contributed by atoms with E-state index < -0.39 is 12.1 Å². The Hall–Kier alpha value is -3.01. The normalized spacial score (nSPS) is 15.6. The summed E-state index contributed by atoms with van der Waals surface area (Å²) >= 11 is 1.64. The van der Waals surface area contributed by atoms with E-state index in [4.69, 9.17) is 4.74 Å². The van der Waals surface area contributed by atoms with E-state index in [2.05, 4.69) is 15.1 Å². The van der Waals surface area contributed by atoms with Crippen LogP contribution in [0.2, 0.25) is 0 Å². The molecule has 28 heavy (non-hydrogen) atoms.